The van der Waals surface area contributed by atoms with Gasteiger partial charge in [0.2, 0.25) is 0 Å². The lowest BCUT2D eigenvalue weighted by Crippen LogP contribution is -2.43. The molecule has 0 heterocycles. The van der Waals surface area contributed by atoms with Crippen LogP contribution in [0.3, 0.4) is 0 Å². The number of carbonyl (C=O) groups is 1. The Morgan fingerprint density at radius 3 is 2.00 bits per heavy atom. The second-order valence-corrected chi connectivity index (χ2v) is 4.42. The van der Waals surface area contributed by atoms with Gasteiger partial charge in [0.15, 0.2) is 0 Å². The Labute approximate surface area is 86.9 Å². The fourth-order valence-electron chi connectivity index (χ4n) is 1.76. The molecule has 4 heteroatoms. The Morgan fingerprint density at radius 1 is 1.23 bits per heavy atom. The first-order valence-corrected chi connectivity index (χ1v) is 5.29. The van der Waals surface area contributed by atoms with E-state index in [1.165, 1.54) is 0 Å². The first-order valence-electron chi connectivity index (χ1n) is 4.37. The van der Waals surface area contributed by atoms with Gasteiger partial charge in [-0.15, -0.1) is 0 Å². The molecule has 0 aliphatic heterocycles. The monoisotopic (exact) mass is 250 g/mol. The van der Waals surface area contributed by atoms with Crippen molar-refractivity contribution >= 4 is 22.2 Å². The Balaban J connectivity index is 2.61. The summed E-state index contributed by atoms with van der Waals surface area (Å²) < 4.78 is 10.6. The van der Waals surface area contributed by atoms with Crippen LogP contribution >= 0.6 is 15.9 Å². The molecule has 0 aromatic carbocycles. The molecule has 0 radical (unpaired) electrons. The number of ether oxygens (including phenoxy) is 2. The molecule has 0 N–H and O–H groups in total. The normalized spacial score (nSPS) is 40.2. The van der Waals surface area contributed by atoms with Gasteiger partial charge in [0.1, 0.15) is 6.29 Å². The van der Waals surface area contributed by atoms with Gasteiger partial charge >= 0.3 is 0 Å². The van der Waals surface area contributed by atoms with Gasteiger partial charge in [-0.3, -0.25) is 0 Å². The maximum atomic E-state index is 10.7. The van der Waals surface area contributed by atoms with Crippen LogP contribution in [-0.2, 0) is 14.3 Å². The van der Waals surface area contributed by atoms with Crippen molar-refractivity contribution < 1.29 is 14.3 Å². The topological polar surface area (TPSA) is 35.5 Å². The molecule has 0 saturated heterocycles. The summed E-state index contributed by atoms with van der Waals surface area (Å²) in [6, 6.07) is 0. The van der Waals surface area contributed by atoms with Crippen molar-refractivity contribution in [2.24, 2.45) is 5.92 Å². The third kappa shape index (κ3) is 2.51. The van der Waals surface area contributed by atoms with Crippen LogP contribution in [-0.4, -0.2) is 37.5 Å². The highest BCUT2D eigenvalue weighted by Gasteiger charge is 2.36. The molecule has 1 aliphatic carbocycles. The minimum absolute atomic E-state index is 0.0729. The number of carbonyl (C=O) groups excluding carboxylic acids is 1. The quantitative estimate of drug-likeness (QED) is 0.561. The van der Waals surface area contributed by atoms with Crippen LogP contribution in [0.25, 0.3) is 0 Å². The van der Waals surface area contributed by atoms with Crippen LogP contribution in [0.15, 0.2) is 0 Å². The van der Waals surface area contributed by atoms with E-state index in [0.717, 1.165) is 19.1 Å². The highest BCUT2D eigenvalue weighted by molar-refractivity contribution is 9.09. The molecule has 1 aliphatic rings. The van der Waals surface area contributed by atoms with Crippen LogP contribution in [0.5, 0.6) is 0 Å². The van der Waals surface area contributed by atoms with Gasteiger partial charge in [0, 0.05) is 20.1 Å². The number of methoxy groups -OCH3 is 2. The maximum Gasteiger partial charge on any atom is 0.123 e. The smallest absolute Gasteiger partial charge is 0.123 e. The summed E-state index contributed by atoms with van der Waals surface area (Å²) in [4.78, 5) is 10.9. The molecular formula is C9H15BrO3. The van der Waals surface area contributed by atoms with Crippen molar-refractivity contribution in [1.82, 2.24) is 0 Å². The van der Waals surface area contributed by atoms with E-state index in [4.69, 9.17) is 9.47 Å². The van der Waals surface area contributed by atoms with E-state index in [1.807, 2.05) is 0 Å². The molecule has 0 aromatic heterocycles. The molecule has 76 valence electrons. The molecule has 0 amide bonds. The van der Waals surface area contributed by atoms with E-state index in [2.05, 4.69) is 15.9 Å². The van der Waals surface area contributed by atoms with Crippen LogP contribution in [0, 0.1) is 5.92 Å². The lowest BCUT2D eigenvalue weighted by Gasteiger charge is -2.35. The summed E-state index contributed by atoms with van der Waals surface area (Å²) in [5.41, 5.74) is 0. The second kappa shape index (κ2) is 5.08. The lowest BCUT2D eigenvalue weighted by molar-refractivity contribution is -0.115. The molecule has 1 fully saturated rings. The van der Waals surface area contributed by atoms with Gasteiger partial charge in [-0.25, -0.2) is 0 Å². The number of hydrogen-bond acceptors (Lipinski definition) is 3. The predicted molar refractivity (Wildman–Crippen MR) is 53.1 cm³/mol. The molecule has 13 heavy (non-hydrogen) atoms. The summed E-state index contributed by atoms with van der Waals surface area (Å²) in [6.07, 6.45) is 2.73. The van der Waals surface area contributed by atoms with Crippen molar-refractivity contribution in [2.45, 2.75) is 29.9 Å². The van der Waals surface area contributed by atoms with Crippen molar-refractivity contribution in [2.75, 3.05) is 14.2 Å². The second-order valence-electron chi connectivity index (χ2n) is 3.36. The first kappa shape index (κ1) is 11.1. The van der Waals surface area contributed by atoms with Gasteiger partial charge in [-0.05, 0) is 12.8 Å². The van der Waals surface area contributed by atoms with E-state index >= 15 is 0 Å². The van der Waals surface area contributed by atoms with Crippen LogP contribution in [0.2, 0.25) is 0 Å². The summed E-state index contributed by atoms with van der Waals surface area (Å²) in [7, 11) is 3.33. The number of hydrogen-bond donors (Lipinski definition) is 0. The van der Waals surface area contributed by atoms with Crippen LogP contribution < -0.4 is 0 Å². The van der Waals surface area contributed by atoms with E-state index in [0.29, 0.717) is 0 Å². The van der Waals surface area contributed by atoms with Crippen molar-refractivity contribution in [3.05, 3.63) is 0 Å². The number of alkyl halides is 1. The zero-order chi connectivity index (χ0) is 9.84. The lowest BCUT2D eigenvalue weighted by atomic mass is 9.86. The van der Waals surface area contributed by atoms with E-state index in [9.17, 15) is 4.79 Å². The molecular weight excluding hydrogens is 236 g/mol. The number of halogens is 1. The summed E-state index contributed by atoms with van der Waals surface area (Å²) in [6.45, 7) is 0. The molecule has 0 spiro atoms. The minimum atomic E-state index is 0.0729. The van der Waals surface area contributed by atoms with Gasteiger partial charge in [-0.2, -0.15) is 0 Å². The molecule has 3 nitrogen and oxygen atoms in total. The Kier molecular flexibility index (Phi) is 4.35. The first-order chi connectivity index (χ1) is 6.22. The van der Waals surface area contributed by atoms with Crippen molar-refractivity contribution in [3.8, 4) is 0 Å². The van der Waals surface area contributed by atoms with Crippen LogP contribution in [0.1, 0.15) is 12.8 Å². The molecule has 0 bridgehead atoms. The Morgan fingerprint density at radius 2 is 1.69 bits per heavy atom. The highest BCUT2D eigenvalue weighted by atomic mass is 79.9. The fraction of sp³-hybridized carbons (Fsp3) is 0.889. The zero-order valence-corrected chi connectivity index (χ0v) is 9.49. The summed E-state index contributed by atoms with van der Waals surface area (Å²) >= 11 is 3.53. The average molecular weight is 251 g/mol. The standard InChI is InChI=1S/C9H15BrO3/c1-12-7-3-6(5-11)4-8(13-2)9(7)10/h5-9H,3-4H2,1-2H3. The number of aldehydes is 1. The molecule has 2 unspecified atom stereocenters. The van der Waals surface area contributed by atoms with Crippen molar-refractivity contribution in [1.29, 1.82) is 0 Å². The van der Waals surface area contributed by atoms with Crippen molar-refractivity contribution in [3.63, 3.8) is 0 Å². The summed E-state index contributed by atoms with van der Waals surface area (Å²) in [5, 5.41) is 0. The highest BCUT2D eigenvalue weighted by Crippen LogP contribution is 2.31. The average Bonchev–Trinajstić information content (AvgIpc) is 2.18. The molecule has 2 atom stereocenters. The third-order valence-electron chi connectivity index (χ3n) is 2.58. The van der Waals surface area contributed by atoms with Gasteiger partial charge in [-0.1, -0.05) is 15.9 Å². The molecule has 1 saturated carbocycles. The zero-order valence-electron chi connectivity index (χ0n) is 7.90. The SMILES string of the molecule is COC1CC(C=O)CC(OC)C1Br. The van der Waals surface area contributed by atoms with Gasteiger partial charge in [0.25, 0.3) is 0 Å². The Hall–Kier alpha value is 0.0700. The Bertz CT molecular complexity index is 160. The van der Waals surface area contributed by atoms with Crippen LogP contribution in [0.4, 0.5) is 0 Å². The molecule has 0 aromatic rings. The van der Waals surface area contributed by atoms with E-state index in [1.54, 1.807) is 14.2 Å². The number of rotatable bonds is 3. The maximum absolute atomic E-state index is 10.7. The van der Waals surface area contributed by atoms with Gasteiger partial charge < -0.3 is 14.3 Å². The fourth-order valence-corrected chi connectivity index (χ4v) is 2.62. The van der Waals surface area contributed by atoms with E-state index < -0.39 is 0 Å². The van der Waals surface area contributed by atoms with E-state index in [-0.39, 0.29) is 23.0 Å². The third-order valence-corrected chi connectivity index (χ3v) is 3.76. The largest absolute Gasteiger partial charge is 0.380 e. The van der Waals surface area contributed by atoms with Gasteiger partial charge in [0.05, 0.1) is 17.0 Å². The minimum Gasteiger partial charge on any atom is -0.380 e. The predicted octanol–water partition coefficient (Wildman–Crippen LogP) is 1.39. The summed E-state index contributed by atoms with van der Waals surface area (Å²) in [5.74, 6) is 0.0729. The molecule has 1 rings (SSSR count).